The molecule has 0 unspecified atom stereocenters. The fourth-order valence-corrected chi connectivity index (χ4v) is 1.24. The van der Waals surface area contributed by atoms with Crippen molar-refractivity contribution in [2.45, 2.75) is 0 Å². The molecule has 0 fully saturated rings. The van der Waals surface area contributed by atoms with Crippen LogP contribution < -0.4 is 4.74 Å². The van der Waals surface area contributed by atoms with Crippen molar-refractivity contribution in [2.75, 3.05) is 0 Å². The Kier molecular flexibility index (Phi) is 2.93. The molecule has 1 radical (unpaired) electrons. The SMILES string of the molecule is N#Cc1[c]c(Oc2ccc(F)cc2)ccc1O. The lowest BCUT2D eigenvalue weighted by atomic mass is 10.2. The van der Waals surface area contributed by atoms with E-state index in [1.165, 1.54) is 36.4 Å². The van der Waals surface area contributed by atoms with Crippen LogP contribution in [0.3, 0.4) is 0 Å². The fourth-order valence-electron chi connectivity index (χ4n) is 1.24. The standard InChI is InChI=1S/C13H7FNO2/c14-10-1-3-11(4-2-10)17-12-5-6-13(16)9(7-12)8-15/h1-6,16H. The zero-order valence-corrected chi connectivity index (χ0v) is 8.64. The van der Waals surface area contributed by atoms with Crippen LogP contribution in [-0.2, 0) is 0 Å². The van der Waals surface area contributed by atoms with Crippen molar-refractivity contribution in [1.82, 2.24) is 0 Å². The molecular formula is C13H7FNO2. The predicted octanol–water partition coefficient (Wildman–Crippen LogP) is 3.00. The second kappa shape index (κ2) is 4.54. The molecule has 0 heterocycles. The predicted molar refractivity (Wildman–Crippen MR) is 58.1 cm³/mol. The second-order valence-electron chi connectivity index (χ2n) is 3.25. The van der Waals surface area contributed by atoms with Gasteiger partial charge in [0, 0.05) is 0 Å². The first kappa shape index (κ1) is 11.0. The summed E-state index contributed by atoms with van der Waals surface area (Å²) >= 11 is 0. The van der Waals surface area contributed by atoms with E-state index in [-0.39, 0.29) is 22.9 Å². The molecule has 0 bridgehead atoms. The minimum absolute atomic E-state index is 0.00427. The molecule has 0 saturated heterocycles. The van der Waals surface area contributed by atoms with Gasteiger partial charge in [0.05, 0.1) is 6.07 Å². The lowest BCUT2D eigenvalue weighted by Gasteiger charge is -2.05. The lowest BCUT2D eigenvalue weighted by molar-refractivity contribution is 0.461. The minimum atomic E-state index is -0.357. The number of hydrogen-bond acceptors (Lipinski definition) is 3. The van der Waals surface area contributed by atoms with Gasteiger partial charge in [0.2, 0.25) is 0 Å². The van der Waals surface area contributed by atoms with Gasteiger partial charge in [-0.2, -0.15) is 5.26 Å². The van der Waals surface area contributed by atoms with Crippen LogP contribution in [0.25, 0.3) is 0 Å². The number of hydrogen-bond donors (Lipinski definition) is 1. The van der Waals surface area contributed by atoms with Crippen LogP contribution in [0.2, 0.25) is 0 Å². The van der Waals surface area contributed by atoms with Crippen LogP contribution in [0.15, 0.2) is 36.4 Å². The number of nitrogens with zero attached hydrogens (tertiary/aromatic N) is 1. The Balaban J connectivity index is 2.25. The molecule has 0 amide bonds. The van der Waals surface area contributed by atoms with Gasteiger partial charge in [-0.05, 0) is 36.4 Å². The highest BCUT2D eigenvalue weighted by molar-refractivity contribution is 5.46. The quantitative estimate of drug-likeness (QED) is 0.859. The van der Waals surface area contributed by atoms with Crippen molar-refractivity contribution in [3.63, 3.8) is 0 Å². The van der Waals surface area contributed by atoms with E-state index in [0.717, 1.165) is 0 Å². The summed E-state index contributed by atoms with van der Waals surface area (Å²) in [5, 5.41) is 18.0. The Morgan fingerprint density at radius 3 is 2.53 bits per heavy atom. The summed E-state index contributed by atoms with van der Waals surface area (Å²) in [5.41, 5.74) is 0.00427. The molecule has 0 aliphatic carbocycles. The van der Waals surface area contributed by atoms with Crippen LogP contribution >= 0.6 is 0 Å². The van der Waals surface area contributed by atoms with E-state index in [4.69, 9.17) is 10.00 Å². The van der Waals surface area contributed by atoms with E-state index in [9.17, 15) is 9.50 Å². The topological polar surface area (TPSA) is 53.2 Å². The largest absolute Gasteiger partial charge is 0.507 e. The van der Waals surface area contributed by atoms with Crippen LogP contribution in [0.1, 0.15) is 5.56 Å². The smallest absolute Gasteiger partial charge is 0.137 e. The summed E-state index contributed by atoms with van der Waals surface area (Å²) in [6, 6.07) is 12.6. The summed E-state index contributed by atoms with van der Waals surface area (Å²) in [5.74, 6) is 0.201. The molecule has 17 heavy (non-hydrogen) atoms. The van der Waals surface area contributed by atoms with Gasteiger partial charge >= 0.3 is 0 Å². The maximum Gasteiger partial charge on any atom is 0.137 e. The first-order chi connectivity index (χ1) is 8.19. The van der Waals surface area contributed by atoms with Crippen molar-refractivity contribution in [3.8, 4) is 23.3 Å². The number of halogens is 1. The number of benzene rings is 2. The van der Waals surface area contributed by atoms with Crippen molar-refractivity contribution in [3.05, 3.63) is 53.8 Å². The molecule has 2 aromatic carbocycles. The summed E-state index contributed by atoms with van der Waals surface area (Å²) in [6.07, 6.45) is 0. The normalized spacial score (nSPS) is 9.65. The van der Waals surface area contributed by atoms with E-state index in [0.29, 0.717) is 5.75 Å². The highest BCUT2D eigenvalue weighted by Gasteiger charge is 2.04. The number of ether oxygens (including phenoxy) is 1. The highest BCUT2D eigenvalue weighted by Crippen LogP contribution is 2.25. The molecule has 4 heteroatoms. The fraction of sp³-hybridized carbons (Fsp3) is 0. The Morgan fingerprint density at radius 2 is 1.88 bits per heavy atom. The third-order valence-electron chi connectivity index (χ3n) is 2.05. The maximum atomic E-state index is 12.7. The van der Waals surface area contributed by atoms with Gasteiger partial charge in [-0.1, -0.05) is 0 Å². The molecular weight excluding hydrogens is 221 g/mol. The van der Waals surface area contributed by atoms with Crippen molar-refractivity contribution >= 4 is 0 Å². The summed E-state index contributed by atoms with van der Waals surface area (Å²) in [7, 11) is 0. The zero-order chi connectivity index (χ0) is 12.3. The van der Waals surface area contributed by atoms with E-state index in [1.807, 2.05) is 0 Å². The molecule has 3 nitrogen and oxygen atoms in total. The van der Waals surface area contributed by atoms with Gasteiger partial charge in [-0.15, -0.1) is 0 Å². The third-order valence-corrected chi connectivity index (χ3v) is 2.05. The molecule has 0 saturated carbocycles. The summed E-state index contributed by atoms with van der Waals surface area (Å²) in [6.45, 7) is 0. The van der Waals surface area contributed by atoms with Crippen molar-refractivity contribution < 1.29 is 14.2 Å². The summed E-state index contributed by atoms with van der Waals surface area (Å²) in [4.78, 5) is 0. The Bertz CT molecular complexity index is 573. The average molecular weight is 228 g/mol. The Morgan fingerprint density at radius 1 is 1.18 bits per heavy atom. The summed E-state index contributed by atoms with van der Waals surface area (Å²) < 4.78 is 18.0. The van der Waals surface area contributed by atoms with E-state index in [2.05, 4.69) is 6.07 Å². The Labute approximate surface area is 97.3 Å². The van der Waals surface area contributed by atoms with Crippen LogP contribution in [0, 0.1) is 23.2 Å². The molecule has 1 N–H and O–H groups in total. The number of aromatic hydroxyl groups is 1. The lowest BCUT2D eigenvalue weighted by Crippen LogP contribution is -1.86. The molecule has 0 spiro atoms. The number of rotatable bonds is 2. The van der Waals surface area contributed by atoms with Crippen LogP contribution in [0.4, 0.5) is 4.39 Å². The molecule has 0 atom stereocenters. The van der Waals surface area contributed by atoms with Gasteiger partial charge in [-0.3, -0.25) is 0 Å². The molecule has 2 aromatic rings. The molecule has 83 valence electrons. The van der Waals surface area contributed by atoms with Crippen molar-refractivity contribution in [1.29, 1.82) is 5.26 Å². The van der Waals surface area contributed by atoms with Gasteiger partial charge in [0.15, 0.2) is 0 Å². The first-order valence-electron chi connectivity index (χ1n) is 4.78. The highest BCUT2D eigenvalue weighted by atomic mass is 19.1. The van der Waals surface area contributed by atoms with E-state index < -0.39 is 0 Å². The molecule has 2 rings (SSSR count). The monoisotopic (exact) mass is 228 g/mol. The van der Waals surface area contributed by atoms with Crippen molar-refractivity contribution in [2.24, 2.45) is 0 Å². The van der Waals surface area contributed by atoms with E-state index in [1.54, 1.807) is 6.07 Å². The van der Waals surface area contributed by atoms with Gasteiger partial charge < -0.3 is 9.84 Å². The Hall–Kier alpha value is -2.54. The van der Waals surface area contributed by atoms with Gasteiger partial charge in [0.25, 0.3) is 0 Å². The van der Waals surface area contributed by atoms with Crippen LogP contribution in [-0.4, -0.2) is 5.11 Å². The molecule has 0 aromatic heterocycles. The molecule has 0 aliphatic rings. The van der Waals surface area contributed by atoms with Gasteiger partial charge in [-0.25, -0.2) is 4.39 Å². The molecule has 0 aliphatic heterocycles. The van der Waals surface area contributed by atoms with Gasteiger partial charge in [0.1, 0.15) is 34.7 Å². The zero-order valence-electron chi connectivity index (χ0n) is 8.64. The number of nitriles is 1. The average Bonchev–Trinajstić information content (AvgIpc) is 2.34. The maximum absolute atomic E-state index is 12.7. The number of phenols is 1. The second-order valence-corrected chi connectivity index (χ2v) is 3.25. The third kappa shape index (κ3) is 2.52. The van der Waals surface area contributed by atoms with Crippen LogP contribution in [0.5, 0.6) is 17.2 Å². The first-order valence-corrected chi connectivity index (χ1v) is 4.78. The van der Waals surface area contributed by atoms with E-state index >= 15 is 0 Å². The minimum Gasteiger partial charge on any atom is -0.507 e. The number of phenolic OH excluding ortho intramolecular Hbond substituents is 1.